The molecular weight excluding hydrogens is 212 g/mol. The van der Waals surface area contributed by atoms with Crippen LogP contribution in [0.25, 0.3) is 0 Å². The van der Waals surface area contributed by atoms with Crippen molar-refractivity contribution in [1.29, 1.82) is 0 Å². The summed E-state index contributed by atoms with van der Waals surface area (Å²) in [5, 5.41) is 0. The van der Waals surface area contributed by atoms with Crippen molar-refractivity contribution in [2.24, 2.45) is 0 Å². The molecule has 2 nitrogen and oxygen atoms in total. The van der Waals surface area contributed by atoms with Crippen molar-refractivity contribution in [2.75, 3.05) is 20.3 Å². The van der Waals surface area contributed by atoms with Crippen LogP contribution in [0, 0.1) is 0 Å². The third-order valence-corrected chi connectivity index (χ3v) is 4.60. The van der Waals surface area contributed by atoms with Crippen molar-refractivity contribution >= 4 is 0 Å². The molecule has 16 heavy (non-hydrogen) atoms. The first-order valence-electron chi connectivity index (χ1n) is 5.92. The molecule has 0 aromatic carbocycles. The summed E-state index contributed by atoms with van der Waals surface area (Å²) < 4.78 is 30.8. The monoisotopic (exact) mass is 229 g/mol. The zero-order valence-corrected chi connectivity index (χ0v) is 9.56. The largest absolute Gasteiger partial charge is 0.383 e. The van der Waals surface area contributed by atoms with Crippen LogP contribution in [-0.2, 0) is 4.74 Å². The predicted octanol–water partition coefficient (Wildman–Crippen LogP) is 2.55. The van der Waals surface area contributed by atoms with Gasteiger partial charge in [-0.2, -0.15) is 8.78 Å². The van der Waals surface area contributed by atoms with Gasteiger partial charge in [-0.1, -0.05) is 0 Å². The molecular formula is C12H17F2NO. The molecule has 1 saturated carbocycles. The van der Waals surface area contributed by atoms with Gasteiger partial charge in [-0.15, -0.1) is 0 Å². The van der Waals surface area contributed by atoms with Crippen LogP contribution >= 0.6 is 0 Å². The highest BCUT2D eigenvalue weighted by atomic mass is 19.3. The van der Waals surface area contributed by atoms with Crippen LogP contribution in [0.4, 0.5) is 8.78 Å². The second-order valence-electron chi connectivity index (χ2n) is 5.51. The maximum absolute atomic E-state index is 12.7. The minimum absolute atomic E-state index is 0.121. The van der Waals surface area contributed by atoms with Crippen LogP contribution in [0.2, 0.25) is 0 Å². The number of hydrogen-bond acceptors (Lipinski definition) is 2. The Hall–Kier alpha value is -0.480. The average molecular weight is 229 g/mol. The van der Waals surface area contributed by atoms with Gasteiger partial charge in [0.2, 0.25) is 0 Å². The highest BCUT2D eigenvalue weighted by molar-refractivity contribution is 5.28. The molecule has 90 valence electrons. The van der Waals surface area contributed by atoms with E-state index in [9.17, 15) is 8.78 Å². The summed E-state index contributed by atoms with van der Waals surface area (Å²) in [5.41, 5.74) is 0.475. The van der Waals surface area contributed by atoms with Crippen molar-refractivity contribution in [3.8, 4) is 0 Å². The molecule has 0 amide bonds. The number of halogens is 2. The maximum atomic E-state index is 12.7. The van der Waals surface area contributed by atoms with Gasteiger partial charge in [-0.05, 0) is 32.1 Å². The zero-order chi connectivity index (χ0) is 11.4. The Morgan fingerprint density at radius 1 is 1.31 bits per heavy atom. The first kappa shape index (κ1) is 10.7. The summed E-state index contributed by atoms with van der Waals surface area (Å²) in [6.07, 6.45) is 3.57. The lowest BCUT2D eigenvalue weighted by atomic mass is 9.93. The Labute approximate surface area is 94.3 Å². The SMILES string of the molecule is COC[C@@]12CCC3(CC3)N1CC(=C(F)F)C2. The van der Waals surface area contributed by atoms with Gasteiger partial charge in [0.15, 0.2) is 0 Å². The Balaban J connectivity index is 1.92. The van der Waals surface area contributed by atoms with Crippen molar-refractivity contribution in [2.45, 2.75) is 43.2 Å². The molecule has 3 aliphatic rings. The third-order valence-electron chi connectivity index (χ3n) is 4.60. The fraction of sp³-hybridized carbons (Fsp3) is 0.833. The van der Waals surface area contributed by atoms with E-state index < -0.39 is 6.08 Å². The number of methoxy groups -OCH3 is 1. The van der Waals surface area contributed by atoms with Crippen LogP contribution in [0.15, 0.2) is 11.7 Å². The van der Waals surface area contributed by atoms with Crippen molar-refractivity contribution in [1.82, 2.24) is 4.90 Å². The average Bonchev–Trinajstić information content (AvgIpc) is 2.84. The lowest BCUT2D eigenvalue weighted by molar-refractivity contribution is 0.0445. The van der Waals surface area contributed by atoms with Gasteiger partial charge in [-0.3, -0.25) is 4.90 Å². The highest BCUT2D eigenvalue weighted by Gasteiger charge is 2.63. The molecule has 2 aliphatic heterocycles. The topological polar surface area (TPSA) is 12.5 Å². The Kier molecular flexibility index (Phi) is 2.17. The molecule has 0 N–H and O–H groups in total. The van der Waals surface area contributed by atoms with Crippen molar-refractivity contribution in [3.63, 3.8) is 0 Å². The van der Waals surface area contributed by atoms with Gasteiger partial charge < -0.3 is 4.74 Å². The standard InChI is InChI=1S/C12H17F2NO/c1-16-8-12-5-4-11(2-3-11)15(12)7-9(6-12)10(13)14/h2-8H2,1H3/t12-/m0/s1. The van der Waals surface area contributed by atoms with Crippen LogP contribution in [0.3, 0.4) is 0 Å². The van der Waals surface area contributed by atoms with Crippen LogP contribution in [-0.4, -0.2) is 36.2 Å². The van der Waals surface area contributed by atoms with E-state index in [4.69, 9.17) is 4.74 Å². The van der Waals surface area contributed by atoms with Gasteiger partial charge in [0, 0.05) is 30.3 Å². The van der Waals surface area contributed by atoms with Crippen molar-refractivity contribution in [3.05, 3.63) is 11.7 Å². The molecule has 4 heteroatoms. The Bertz CT molecular complexity index is 347. The normalized spacial score (nSPS) is 35.8. The first-order chi connectivity index (χ1) is 7.62. The molecule has 1 atom stereocenters. The fourth-order valence-corrected chi connectivity index (χ4v) is 3.66. The lowest BCUT2D eigenvalue weighted by Gasteiger charge is -2.34. The second kappa shape index (κ2) is 3.26. The maximum Gasteiger partial charge on any atom is 0.270 e. The van der Waals surface area contributed by atoms with Crippen molar-refractivity contribution < 1.29 is 13.5 Å². The van der Waals surface area contributed by atoms with Crippen LogP contribution in [0.5, 0.6) is 0 Å². The van der Waals surface area contributed by atoms with Gasteiger partial charge in [0.1, 0.15) is 0 Å². The van der Waals surface area contributed by atoms with E-state index in [-0.39, 0.29) is 11.1 Å². The third kappa shape index (κ3) is 1.29. The van der Waals surface area contributed by atoms with E-state index in [1.165, 1.54) is 12.8 Å². The lowest BCUT2D eigenvalue weighted by Crippen LogP contribution is -2.46. The minimum Gasteiger partial charge on any atom is -0.383 e. The molecule has 2 saturated heterocycles. The first-order valence-corrected chi connectivity index (χ1v) is 5.92. The number of rotatable bonds is 2. The summed E-state index contributed by atoms with van der Waals surface area (Å²) in [5.74, 6) is 0. The van der Waals surface area contributed by atoms with E-state index in [0.29, 0.717) is 25.1 Å². The molecule has 0 unspecified atom stereocenters. The Morgan fingerprint density at radius 3 is 2.56 bits per heavy atom. The molecule has 0 radical (unpaired) electrons. The van der Waals surface area contributed by atoms with E-state index >= 15 is 0 Å². The van der Waals surface area contributed by atoms with E-state index in [1.54, 1.807) is 7.11 Å². The minimum atomic E-state index is -1.47. The molecule has 1 aliphatic carbocycles. The van der Waals surface area contributed by atoms with Gasteiger partial charge >= 0.3 is 0 Å². The predicted molar refractivity (Wildman–Crippen MR) is 56.4 cm³/mol. The molecule has 1 spiro atoms. The molecule has 0 aromatic rings. The number of ether oxygens (including phenoxy) is 1. The zero-order valence-electron chi connectivity index (χ0n) is 9.56. The molecule has 2 heterocycles. The quantitative estimate of drug-likeness (QED) is 0.721. The van der Waals surface area contributed by atoms with E-state index in [0.717, 1.165) is 12.8 Å². The summed E-state index contributed by atoms with van der Waals surface area (Å²) in [6, 6.07) is 0. The fourth-order valence-electron chi connectivity index (χ4n) is 3.66. The number of fused-ring (bicyclic) bond motifs is 2. The summed E-state index contributed by atoms with van der Waals surface area (Å²) in [6.45, 7) is 1.05. The summed E-state index contributed by atoms with van der Waals surface area (Å²) in [4.78, 5) is 2.32. The van der Waals surface area contributed by atoms with Crippen LogP contribution in [0.1, 0.15) is 32.1 Å². The smallest absolute Gasteiger partial charge is 0.270 e. The molecule has 3 fully saturated rings. The molecule has 0 bridgehead atoms. The number of hydrogen-bond donors (Lipinski definition) is 0. The second-order valence-corrected chi connectivity index (χ2v) is 5.51. The summed E-state index contributed by atoms with van der Waals surface area (Å²) >= 11 is 0. The number of nitrogens with zero attached hydrogens (tertiary/aromatic N) is 1. The van der Waals surface area contributed by atoms with Crippen LogP contribution < -0.4 is 0 Å². The van der Waals surface area contributed by atoms with Gasteiger partial charge in [-0.25, -0.2) is 0 Å². The molecule has 3 rings (SSSR count). The Morgan fingerprint density at radius 2 is 2.00 bits per heavy atom. The van der Waals surface area contributed by atoms with Gasteiger partial charge in [0.25, 0.3) is 6.08 Å². The van der Waals surface area contributed by atoms with Gasteiger partial charge in [0.05, 0.1) is 6.61 Å². The molecule has 0 aromatic heterocycles. The summed E-state index contributed by atoms with van der Waals surface area (Å²) in [7, 11) is 1.67. The highest BCUT2D eigenvalue weighted by Crippen LogP contribution is 2.60. The van der Waals surface area contributed by atoms with E-state index in [1.807, 2.05) is 0 Å². The van der Waals surface area contributed by atoms with E-state index in [2.05, 4.69) is 4.90 Å².